The van der Waals surface area contributed by atoms with E-state index in [1.165, 1.54) is 0 Å². The molecular formula is C16H20N4O. The van der Waals surface area contributed by atoms with Crippen molar-refractivity contribution in [3.8, 4) is 5.82 Å². The van der Waals surface area contributed by atoms with Gasteiger partial charge in [0.1, 0.15) is 5.82 Å². The van der Waals surface area contributed by atoms with Crippen LogP contribution in [0.4, 0.5) is 5.82 Å². The molecule has 2 aromatic rings. The molecule has 3 rings (SSSR count). The number of carbonyl (C=O) groups is 1. The first-order valence-corrected chi connectivity index (χ1v) is 7.22. The summed E-state index contributed by atoms with van der Waals surface area (Å²) in [6.45, 7) is 6.39. The summed E-state index contributed by atoms with van der Waals surface area (Å²) in [4.78, 5) is 16.6. The zero-order valence-electron chi connectivity index (χ0n) is 12.6. The minimum absolute atomic E-state index is 0.0729. The summed E-state index contributed by atoms with van der Waals surface area (Å²) in [5.41, 5.74) is 1.40. The maximum Gasteiger partial charge on any atom is 0.228 e. The van der Waals surface area contributed by atoms with Gasteiger partial charge in [-0.2, -0.15) is 9.78 Å². The van der Waals surface area contributed by atoms with Gasteiger partial charge in [-0.05, 0) is 42.9 Å². The Bertz CT molecular complexity index is 666. The van der Waals surface area contributed by atoms with Crippen LogP contribution in [0.2, 0.25) is 0 Å². The van der Waals surface area contributed by atoms with Gasteiger partial charge in [0.25, 0.3) is 0 Å². The number of aromatic nitrogens is 3. The molecule has 2 heterocycles. The zero-order valence-corrected chi connectivity index (χ0v) is 12.6. The summed E-state index contributed by atoms with van der Waals surface area (Å²) >= 11 is 0. The summed E-state index contributed by atoms with van der Waals surface area (Å²) in [6, 6.07) is 5.67. The molecule has 0 unspecified atom stereocenters. The van der Waals surface area contributed by atoms with E-state index in [0.29, 0.717) is 17.1 Å². The van der Waals surface area contributed by atoms with E-state index in [-0.39, 0.29) is 11.8 Å². The summed E-state index contributed by atoms with van der Waals surface area (Å²) in [5.74, 6) is 1.56. The molecule has 1 N–H and O–H groups in total. The highest BCUT2D eigenvalue weighted by atomic mass is 16.2. The average Bonchev–Trinajstić information content (AvgIpc) is 2.84. The Labute approximate surface area is 124 Å². The van der Waals surface area contributed by atoms with E-state index < -0.39 is 0 Å². The molecule has 0 atom stereocenters. The fourth-order valence-electron chi connectivity index (χ4n) is 2.90. The Morgan fingerprint density at radius 2 is 2.10 bits per heavy atom. The molecule has 5 nitrogen and oxygen atoms in total. The lowest BCUT2D eigenvalue weighted by atomic mass is 9.64. The first kappa shape index (κ1) is 13.8. The van der Waals surface area contributed by atoms with Crippen molar-refractivity contribution in [2.24, 2.45) is 11.3 Å². The molecule has 110 valence electrons. The molecule has 1 aliphatic carbocycles. The predicted octanol–water partition coefficient (Wildman–Crippen LogP) is 2.95. The molecule has 1 aliphatic rings. The number of hydrogen-bond donors (Lipinski definition) is 1. The maximum absolute atomic E-state index is 12.3. The highest BCUT2D eigenvalue weighted by molar-refractivity contribution is 5.92. The van der Waals surface area contributed by atoms with Gasteiger partial charge in [-0.15, -0.1) is 0 Å². The maximum atomic E-state index is 12.3. The standard InChI is InChI=1S/C16H20N4O/c1-11-4-6-17-14(8-11)20-13(5-7-18-20)19-15(21)12-9-16(2,3)10-12/h4-8,12H,9-10H2,1-3H3,(H,19,21). The molecule has 2 aromatic heterocycles. The number of rotatable bonds is 3. The number of hydrogen-bond acceptors (Lipinski definition) is 3. The van der Waals surface area contributed by atoms with Crippen LogP contribution in [0.1, 0.15) is 32.3 Å². The Balaban J connectivity index is 1.76. The van der Waals surface area contributed by atoms with E-state index in [0.717, 1.165) is 18.4 Å². The average molecular weight is 284 g/mol. The minimum atomic E-state index is 0.0729. The van der Waals surface area contributed by atoms with Crippen LogP contribution in [0.25, 0.3) is 5.82 Å². The fourth-order valence-corrected chi connectivity index (χ4v) is 2.90. The highest BCUT2D eigenvalue weighted by Gasteiger charge is 2.40. The lowest BCUT2D eigenvalue weighted by Crippen LogP contribution is -2.39. The van der Waals surface area contributed by atoms with Gasteiger partial charge in [0.05, 0.1) is 6.20 Å². The molecule has 0 aromatic carbocycles. The number of nitrogens with one attached hydrogen (secondary N) is 1. The number of carbonyl (C=O) groups excluding carboxylic acids is 1. The smallest absolute Gasteiger partial charge is 0.228 e. The van der Waals surface area contributed by atoms with Gasteiger partial charge in [-0.1, -0.05) is 13.8 Å². The van der Waals surface area contributed by atoms with Crippen molar-refractivity contribution >= 4 is 11.7 Å². The van der Waals surface area contributed by atoms with Crippen LogP contribution in [0.5, 0.6) is 0 Å². The highest BCUT2D eigenvalue weighted by Crippen LogP contribution is 2.45. The monoisotopic (exact) mass is 284 g/mol. The van der Waals surface area contributed by atoms with Crippen molar-refractivity contribution in [2.75, 3.05) is 5.32 Å². The normalized spacial score (nSPS) is 17.3. The van der Waals surface area contributed by atoms with Crippen LogP contribution < -0.4 is 5.32 Å². The van der Waals surface area contributed by atoms with Crippen LogP contribution >= 0.6 is 0 Å². The third kappa shape index (κ3) is 2.82. The van der Waals surface area contributed by atoms with E-state index in [9.17, 15) is 4.79 Å². The third-order valence-electron chi connectivity index (χ3n) is 3.98. The van der Waals surface area contributed by atoms with Gasteiger partial charge < -0.3 is 5.32 Å². The van der Waals surface area contributed by atoms with Crippen molar-refractivity contribution in [3.63, 3.8) is 0 Å². The predicted molar refractivity (Wildman–Crippen MR) is 81.2 cm³/mol. The lowest BCUT2D eigenvalue weighted by molar-refractivity contribution is -0.126. The van der Waals surface area contributed by atoms with Crippen molar-refractivity contribution < 1.29 is 4.79 Å². The molecule has 1 amide bonds. The zero-order chi connectivity index (χ0) is 15.0. The van der Waals surface area contributed by atoms with Crippen LogP contribution in [-0.4, -0.2) is 20.7 Å². The summed E-state index contributed by atoms with van der Waals surface area (Å²) in [7, 11) is 0. The lowest BCUT2D eigenvalue weighted by Gasteiger charge is -2.41. The molecule has 1 fully saturated rings. The molecule has 0 radical (unpaired) electrons. The second-order valence-corrected chi connectivity index (χ2v) is 6.58. The van der Waals surface area contributed by atoms with Crippen LogP contribution in [-0.2, 0) is 4.79 Å². The van der Waals surface area contributed by atoms with Crippen molar-refractivity contribution in [3.05, 3.63) is 36.2 Å². The Morgan fingerprint density at radius 1 is 1.33 bits per heavy atom. The fraction of sp³-hybridized carbons (Fsp3) is 0.438. The van der Waals surface area contributed by atoms with Crippen LogP contribution in [0, 0.1) is 18.3 Å². The number of pyridine rings is 1. The molecular weight excluding hydrogens is 264 g/mol. The summed E-state index contributed by atoms with van der Waals surface area (Å²) in [6.07, 6.45) is 5.29. The van der Waals surface area contributed by atoms with E-state index >= 15 is 0 Å². The number of anilines is 1. The molecule has 5 heteroatoms. The number of amides is 1. The number of nitrogens with zero attached hydrogens (tertiary/aromatic N) is 3. The van der Waals surface area contributed by atoms with E-state index in [2.05, 4.69) is 29.2 Å². The molecule has 21 heavy (non-hydrogen) atoms. The largest absolute Gasteiger partial charge is 0.310 e. The van der Waals surface area contributed by atoms with E-state index in [4.69, 9.17) is 0 Å². The van der Waals surface area contributed by atoms with Gasteiger partial charge in [-0.3, -0.25) is 4.79 Å². The topological polar surface area (TPSA) is 59.8 Å². The SMILES string of the molecule is Cc1ccnc(-n2nccc2NC(=O)C2CC(C)(C)C2)c1. The van der Waals surface area contributed by atoms with Gasteiger partial charge in [0.15, 0.2) is 5.82 Å². The second-order valence-electron chi connectivity index (χ2n) is 6.58. The van der Waals surface area contributed by atoms with Gasteiger partial charge in [0.2, 0.25) is 5.91 Å². The molecule has 0 spiro atoms. The first-order valence-electron chi connectivity index (χ1n) is 7.22. The van der Waals surface area contributed by atoms with Gasteiger partial charge in [0, 0.05) is 18.2 Å². The van der Waals surface area contributed by atoms with Crippen LogP contribution in [0.3, 0.4) is 0 Å². The van der Waals surface area contributed by atoms with Gasteiger partial charge in [-0.25, -0.2) is 4.98 Å². The van der Waals surface area contributed by atoms with Crippen molar-refractivity contribution in [2.45, 2.75) is 33.6 Å². The molecule has 0 saturated heterocycles. The van der Waals surface area contributed by atoms with Crippen molar-refractivity contribution in [1.82, 2.24) is 14.8 Å². The molecule has 0 aliphatic heterocycles. The molecule has 1 saturated carbocycles. The second kappa shape index (κ2) is 4.98. The van der Waals surface area contributed by atoms with E-state index in [1.54, 1.807) is 23.1 Å². The van der Waals surface area contributed by atoms with E-state index in [1.807, 2.05) is 19.1 Å². The minimum Gasteiger partial charge on any atom is -0.310 e. The Morgan fingerprint density at radius 3 is 2.76 bits per heavy atom. The van der Waals surface area contributed by atoms with Gasteiger partial charge >= 0.3 is 0 Å². The quantitative estimate of drug-likeness (QED) is 0.942. The Hall–Kier alpha value is -2.17. The number of aryl methyl sites for hydroxylation is 1. The first-order chi connectivity index (χ1) is 9.94. The molecule has 0 bridgehead atoms. The van der Waals surface area contributed by atoms with Crippen LogP contribution in [0.15, 0.2) is 30.6 Å². The summed E-state index contributed by atoms with van der Waals surface area (Å²) < 4.78 is 1.66. The summed E-state index contributed by atoms with van der Waals surface area (Å²) in [5, 5.41) is 7.22. The third-order valence-corrected chi connectivity index (χ3v) is 3.98. The Kier molecular flexibility index (Phi) is 3.27. The van der Waals surface area contributed by atoms with Crippen molar-refractivity contribution in [1.29, 1.82) is 0 Å².